The van der Waals surface area contributed by atoms with Gasteiger partial charge in [0.1, 0.15) is 16.7 Å². The molecule has 2 aromatic heterocycles. The van der Waals surface area contributed by atoms with Crippen LogP contribution in [0.3, 0.4) is 0 Å². The van der Waals surface area contributed by atoms with Gasteiger partial charge in [0.15, 0.2) is 5.13 Å². The van der Waals surface area contributed by atoms with Gasteiger partial charge in [-0.15, -0.1) is 22.7 Å². The number of thiazole rings is 2. The van der Waals surface area contributed by atoms with Gasteiger partial charge in [-0.2, -0.15) is 0 Å². The lowest BCUT2D eigenvalue weighted by molar-refractivity contribution is -0.137. The first kappa shape index (κ1) is 41.7. The Morgan fingerprint density at radius 3 is 2.08 bits per heavy atom. The largest absolute Gasteiger partial charge is 0.332 e. The van der Waals surface area contributed by atoms with Gasteiger partial charge < -0.3 is 20.9 Å². The van der Waals surface area contributed by atoms with Crippen molar-refractivity contribution in [3.05, 3.63) is 93.6 Å². The molecule has 12 nitrogen and oxygen atoms in total. The number of hydrogen-bond donors (Lipinski definition) is 4. The fourth-order valence-corrected chi connectivity index (χ4v) is 8.99. The zero-order chi connectivity index (χ0) is 41.1. The van der Waals surface area contributed by atoms with Gasteiger partial charge in [0, 0.05) is 75.3 Å². The molecule has 0 bridgehead atoms. The van der Waals surface area contributed by atoms with E-state index in [9.17, 15) is 24.0 Å². The Balaban J connectivity index is 0.723. The molecule has 15 heteroatoms. The van der Waals surface area contributed by atoms with Crippen LogP contribution in [-0.2, 0) is 25.7 Å². The topological polar surface area (TPSA) is 162 Å². The van der Waals surface area contributed by atoms with E-state index in [1.165, 1.54) is 16.2 Å². The summed E-state index contributed by atoms with van der Waals surface area (Å²) < 4.78 is 0. The maximum absolute atomic E-state index is 13.1. The molecule has 2 aliphatic rings. The van der Waals surface area contributed by atoms with E-state index in [0.29, 0.717) is 41.1 Å². The second kappa shape index (κ2) is 20.0. The molecule has 0 aliphatic carbocycles. The molecule has 0 saturated carbocycles. The smallest absolute Gasteiger partial charge is 0.255 e. The van der Waals surface area contributed by atoms with Crippen LogP contribution in [-0.4, -0.2) is 50.4 Å². The third-order valence-electron chi connectivity index (χ3n) is 10.5. The molecule has 5 aromatic rings. The zero-order valence-electron chi connectivity index (χ0n) is 32.6. The molecule has 1 fully saturated rings. The lowest BCUT2D eigenvalue weighted by atomic mass is 10.0. The predicted molar refractivity (Wildman–Crippen MR) is 234 cm³/mol. The van der Waals surface area contributed by atoms with E-state index in [4.69, 9.17) is 21.6 Å². The van der Waals surface area contributed by atoms with Crippen LogP contribution in [0.4, 0.5) is 22.2 Å². The SMILES string of the molecule is O=C1CCC(N2Cc3c(NC(=O)CCCCCCCCCCCC(=O)Nc4ccc(-c5csc(-c6csc(Nc7ccc(Cl)cc7)n6)n5)cc4)cccc3C2=O)C(=O)N1. The number of benzene rings is 3. The molecule has 2 aliphatic heterocycles. The lowest BCUT2D eigenvalue weighted by Gasteiger charge is -2.29. The number of nitrogens with one attached hydrogen (secondary N) is 4. The van der Waals surface area contributed by atoms with Crippen LogP contribution in [0.1, 0.15) is 99.4 Å². The van der Waals surface area contributed by atoms with E-state index in [-0.39, 0.29) is 36.6 Å². The number of halogens is 1. The third kappa shape index (κ3) is 11.2. The quantitative estimate of drug-likeness (QED) is 0.0471. The van der Waals surface area contributed by atoms with Crippen molar-refractivity contribution < 1.29 is 24.0 Å². The average Bonchev–Trinajstić information content (AvgIpc) is 3.98. The van der Waals surface area contributed by atoms with Crippen LogP contribution in [0.25, 0.3) is 22.0 Å². The fraction of sp³-hybridized carbons (Fsp3) is 0.341. The number of aromatic nitrogens is 2. The molecule has 4 heterocycles. The van der Waals surface area contributed by atoms with E-state index in [1.54, 1.807) is 29.5 Å². The Kier molecular flexibility index (Phi) is 14.1. The highest BCUT2D eigenvalue weighted by atomic mass is 35.5. The molecule has 1 saturated heterocycles. The molecule has 5 amide bonds. The maximum atomic E-state index is 13.1. The molecular weight excluding hydrogens is 806 g/mol. The number of imide groups is 1. The maximum Gasteiger partial charge on any atom is 0.255 e. The van der Waals surface area contributed by atoms with Crippen molar-refractivity contribution in [1.29, 1.82) is 0 Å². The van der Waals surface area contributed by atoms with Crippen LogP contribution >= 0.6 is 34.3 Å². The first-order valence-corrected chi connectivity index (χ1v) is 22.2. The fourth-order valence-electron chi connectivity index (χ4n) is 7.28. The van der Waals surface area contributed by atoms with Crippen molar-refractivity contribution in [3.63, 3.8) is 0 Å². The monoisotopic (exact) mass is 851 g/mol. The summed E-state index contributed by atoms with van der Waals surface area (Å²) in [6, 6.07) is 19.8. The van der Waals surface area contributed by atoms with Gasteiger partial charge >= 0.3 is 0 Å². The number of carbonyl (C=O) groups is 5. The van der Waals surface area contributed by atoms with Crippen molar-refractivity contribution in [3.8, 4) is 22.0 Å². The van der Waals surface area contributed by atoms with E-state index < -0.39 is 11.9 Å². The van der Waals surface area contributed by atoms with Crippen LogP contribution in [0.15, 0.2) is 77.5 Å². The Morgan fingerprint density at radius 2 is 1.39 bits per heavy atom. The second-order valence-corrected chi connectivity index (χ2v) is 16.9. The van der Waals surface area contributed by atoms with Crippen LogP contribution in [0, 0.1) is 0 Å². The molecule has 59 heavy (non-hydrogen) atoms. The molecule has 0 radical (unpaired) electrons. The second-order valence-electron chi connectivity index (χ2n) is 14.8. The summed E-state index contributed by atoms with van der Waals surface area (Å²) in [6.07, 6.45) is 10.5. The summed E-state index contributed by atoms with van der Waals surface area (Å²) in [6.45, 7) is 0.221. The van der Waals surface area contributed by atoms with Crippen molar-refractivity contribution in [2.75, 3.05) is 16.0 Å². The number of fused-ring (bicyclic) bond motifs is 1. The summed E-state index contributed by atoms with van der Waals surface area (Å²) in [5.41, 5.74) is 6.12. The van der Waals surface area contributed by atoms with Crippen LogP contribution in [0.2, 0.25) is 5.02 Å². The number of piperidine rings is 1. The molecule has 0 spiro atoms. The minimum Gasteiger partial charge on any atom is -0.332 e. The molecule has 1 unspecified atom stereocenters. The van der Waals surface area contributed by atoms with Gasteiger partial charge in [0.2, 0.25) is 23.6 Å². The Bertz CT molecular complexity index is 2290. The third-order valence-corrected chi connectivity index (χ3v) is 12.3. The zero-order valence-corrected chi connectivity index (χ0v) is 34.9. The average molecular weight is 852 g/mol. The standard InChI is InChI=1S/C44H46ClN7O5S2/c45-29-17-21-31(22-18-29)47-44-50-36(27-59-44)42-49-35(26-58-42)28-15-19-30(20-16-28)46-38(53)13-8-6-4-2-1-3-5-7-9-14-39(54)48-34-12-10-11-32-33(34)25-52(43(32)57)37-23-24-40(55)51-41(37)56/h10-12,15-22,26-27,37H,1-9,13-14,23-25H2,(H,46,53)(H,47,50)(H,48,54)(H,51,55,56). The Morgan fingerprint density at radius 1 is 0.746 bits per heavy atom. The summed E-state index contributed by atoms with van der Waals surface area (Å²) in [5.74, 6) is -1.12. The number of nitrogens with zero attached hydrogens (tertiary/aromatic N) is 3. The van der Waals surface area contributed by atoms with Gasteiger partial charge in [0.05, 0.1) is 5.69 Å². The molecular formula is C44H46ClN7O5S2. The highest BCUT2D eigenvalue weighted by Gasteiger charge is 2.40. The minimum absolute atomic E-state index is 0.0172. The summed E-state index contributed by atoms with van der Waals surface area (Å²) >= 11 is 9.05. The van der Waals surface area contributed by atoms with Crippen LogP contribution in [0.5, 0.6) is 0 Å². The number of hydrogen-bond acceptors (Lipinski definition) is 10. The lowest BCUT2D eigenvalue weighted by Crippen LogP contribution is -2.52. The Labute approximate surface area is 356 Å². The molecule has 1 atom stereocenters. The summed E-state index contributed by atoms with van der Waals surface area (Å²) in [5, 5.41) is 17.9. The van der Waals surface area contributed by atoms with Crippen LogP contribution < -0.4 is 21.3 Å². The van der Waals surface area contributed by atoms with Gasteiger partial charge in [-0.3, -0.25) is 29.3 Å². The van der Waals surface area contributed by atoms with Gasteiger partial charge in [0.25, 0.3) is 5.91 Å². The van der Waals surface area contributed by atoms with Gasteiger partial charge in [-0.05, 0) is 67.8 Å². The molecule has 4 N–H and O–H groups in total. The minimum atomic E-state index is -0.693. The van der Waals surface area contributed by atoms with E-state index in [1.807, 2.05) is 59.3 Å². The van der Waals surface area contributed by atoms with E-state index >= 15 is 0 Å². The molecule has 306 valence electrons. The summed E-state index contributed by atoms with van der Waals surface area (Å²) in [7, 11) is 0. The van der Waals surface area contributed by atoms with Gasteiger partial charge in [-0.25, -0.2) is 9.97 Å². The first-order chi connectivity index (χ1) is 28.7. The predicted octanol–water partition coefficient (Wildman–Crippen LogP) is 9.96. The number of amides is 5. The Hall–Kier alpha value is -5.44. The number of unbranched alkanes of at least 4 members (excludes halogenated alkanes) is 8. The highest BCUT2D eigenvalue weighted by molar-refractivity contribution is 7.15. The number of anilines is 4. The molecule has 7 rings (SSSR count). The van der Waals surface area contributed by atoms with Crippen molar-refractivity contribution in [2.45, 2.75) is 96.1 Å². The normalized spacial score (nSPS) is 14.9. The van der Waals surface area contributed by atoms with Crippen molar-refractivity contribution in [1.82, 2.24) is 20.2 Å². The van der Waals surface area contributed by atoms with Crippen molar-refractivity contribution in [2.24, 2.45) is 0 Å². The van der Waals surface area contributed by atoms with Gasteiger partial charge in [-0.1, -0.05) is 74.7 Å². The number of carbonyl (C=O) groups excluding carboxylic acids is 5. The van der Waals surface area contributed by atoms with Crippen molar-refractivity contribution >= 4 is 86.0 Å². The first-order valence-electron chi connectivity index (χ1n) is 20.1. The van der Waals surface area contributed by atoms with E-state index in [0.717, 1.165) is 96.3 Å². The molecule has 3 aromatic carbocycles. The summed E-state index contributed by atoms with van der Waals surface area (Å²) in [4.78, 5) is 73.3. The highest BCUT2D eigenvalue weighted by Crippen LogP contribution is 2.34. The van der Waals surface area contributed by atoms with E-state index in [2.05, 4.69) is 21.3 Å². The number of rotatable bonds is 19.